The van der Waals surface area contributed by atoms with Gasteiger partial charge in [0.2, 0.25) is 15.9 Å². The number of amides is 1. The molecule has 0 aliphatic carbocycles. The minimum absolute atomic E-state index is 0.170. The lowest BCUT2D eigenvalue weighted by molar-refractivity contribution is -0.122. The summed E-state index contributed by atoms with van der Waals surface area (Å²) in [5.41, 5.74) is -0.410. The normalized spacial score (nSPS) is 12.6. The van der Waals surface area contributed by atoms with Crippen molar-refractivity contribution in [1.29, 1.82) is 0 Å². The maximum absolute atomic E-state index is 12.8. The summed E-state index contributed by atoms with van der Waals surface area (Å²) in [6.45, 7) is 5.30. The predicted molar refractivity (Wildman–Crippen MR) is 89.5 cm³/mol. The number of pyridine rings is 1. The molecule has 6 nitrogen and oxygen atoms in total. The van der Waals surface area contributed by atoms with E-state index in [1.165, 1.54) is 13.1 Å². The van der Waals surface area contributed by atoms with Crippen LogP contribution in [-0.2, 0) is 14.8 Å². The van der Waals surface area contributed by atoms with Gasteiger partial charge in [-0.1, -0.05) is 12.1 Å². The zero-order chi connectivity index (χ0) is 17.3. The molecule has 1 aromatic carbocycles. The smallest absolute Gasteiger partial charge is 0.243 e. The molecule has 1 heterocycles. The molecule has 1 amide bonds. The molecule has 0 saturated heterocycles. The molecule has 0 atom stereocenters. The van der Waals surface area contributed by atoms with Gasteiger partial charge in [0.15, 0.2) is 0 Å². The molecule has 1 N–H and O–H groups in total. The van der Waals surface area contributed by atoms with Crippen LogP contribution in [0.25, 0.3) is 10.8 Å². The van der Waals surface area contributed by atoms with Crippen LogP contribution in [0.15, 0.2) is 41.6 Å². The number of carbonyl (C=O) groups excluding carboxylic acids is 1. The highest BCUT2D eigenvalue weighted by Crippen LogP contribution is 2.24. The van der Waals surface area contributed by atoms with E-state index in [9.17, 15) is 13.2 Å². The molecule has 0 saturated carbocycles. The van der Waals surface area contributed by atoms with Crippen molar-refractivity contribution in [1.82, 2.24) is 14.6 Å². The van der Waals surface area contributed by atoms with Crippen LogP contribution >= 0.6 is 0 Å². The van der Waals surface area contributed by atoms with E-state index in [4.69, 9.17) is 0 Å². The summed E-state index contributed by atoms with van der Waals surface area (Å²) in [6.07, 6.45) is 3.16. The fraction of sp³-hybridized carbons (Fsp3) is 0.375. The van der Waals surface area contributed by atoms with Crippen molar-refractivity contribution >= 4 is 26.7 Å². The van der Waals surface area contributed by atoms with E-state index in [0.717, 1.165) is 9.69 Å². The number of carbonyl (C=O) groups is 1. The Balaban J connectivity index is 2.32. The van der Waals surface area contributed by atoms with Crippen molar-refractivity contribution < 1.29 is 13.2 Å². The Morgan fingerprint density at radius 3 is 2.61 bits per heavy atom. The Kier molecular flexibility index (Phi) is 4.72. The summed E-state index contributed by atoms with van der Waals surface area (Å²) in [7, 11) is -2.37. The summed E-state index contributed by atoms with van der Waals surface area (Å²) in [6, 6.07) is 6.66. The zero-order valence-corrected chi connectivity index (χ0v) is 14.5. The molecule has 0 unspecified atom stereocenters. The van der Waals surface area contributed by atoms with Crippen LogP contribution in [0.1, 0.15) is 20.8 Å². The van der Waals surface area contributed by atoms with Gasteiger partial charge in [0.1, 0.15) is 0 Å². The van der Waals surface area contributed by atoms with E-state index in [-0.39, 0.29) is 17.3 Å². The van der Waals surface area contributed by atoms with Gasteiger partial charge in [-0.25, -0.2) is 8.42 Å². The highest BCUT2D eigenvalue weighted by Gasteiger charge is 2.26. The SMILES string of the molecule is CN(CC(=O)NC(C)(C)C)S(=O)(=O)c1cccc2cnccc12. The van der Waals surface area contributed by atoms with Crippen LogP contribution in [0.5, 0.6) is 0 Å². The van der Waals surface area contributed by atoms with Gasteiger partial charge in [-0.2, -0.15) is 4.31 Å². The first-order valence-electron chi connectivity index (χ1n) is 7.21. The Morgan fingerprint density at radius 1 is 1.26 bits per heavy atom. The molecule has 0 spiro atoms. The second kappa shape index (κ2) is 6.25. The van der Waals surface area contributed by atoms with E-state index < -0.39 is 15.6 Å². The quantitative estimate of drug-likeness (QED) is 0.923. The van der Waals surface area contributed by atoms with E-state index in [1.54, 1.807) is 30.6 Å². The zero-order valence-electron chi connectivity index (χ0n) is 13.7. The van der Waals surface area contributed by atoms with Crippen molar-refractivity contribution in [2.75, 3.05) is 13.6 Å². The molecule has 0 aliphatic heterocycles. The van der Waals surface area contributed by atoms with Crippen LogP contribution in [0.3, 0.4) is 0 Å². The molecule has 2 rings (SSSR count). The number of nitrogens with one attached hydrogen (secondary N) is 1. The molecular weight excluding hydrogens is 314 g/mol. The number of sulfonamides is 1. The second-order valence-electron chi connectivity index (χ2n) is 6.41. The van der Waals surface area contributed by atoms with Crippen LogP contribution in [-0.4, -0.2) is 42.7 Å². The van der Waals surface area contributed by atoms with E-state index in [1.807, 2.05) is 20.8 Å². The third-order valence-corrected chi connectivity index (χ3v) is 5.07. The molecule has 0 aliphatic rings. The highest BCUT2D eigenvalue weighted by molar-refractivity contribution is 7.89. The van der Waals surface area contributed by atoms with Crippen molar-refractivity contribution in [3.05, 3.63) is 36.7 Å². The van der Waals surface area contributed by atoms with Crippen LogP contribution in [0, 0.1) is 0 Å². The lowest BCUT2D eigenvalue weighted by Crippen LogP contribution is -2.46. The molecule has 7 heteroatoms. The number of likely N-dealkylation sites (N-methyl/N-ethyl adjacent to an activating group) is 1. The van der Waals surface area contributed by atoms with E-state index >= 15 is 0 Å². The lowest BCUT2D eigenvalue weighted by atomic mass is 10.1. The Morgan fingerprint density at radius 2 is 1.96 bits per heavy atom. The van der Waals surface area contributed by atoms with Gasteiger partial charge in [-0.05, 0) is 32.9 Å². The molecule has 0 radical (unpaired) electrons. The number of aromatic nitrogens is 1. The van der Waals surface area contributed by atoms with Crippen molar-refractivity contribution in [2.24, 2.45) is 0 Å². The Bertz CT molecular complexity index is 821. The minimum Gasteiger partial charge on any atom is -0.350 e. The average Bonchev–Trinajstić information content (AvgIpc) is 2.44. The van der Waals surface area contributed by atoms with Gasteiger partial charge in [-0.3, -0.25) is 9.78 Å². The summed E-state index contributed by atoms with van der Waals surface area (Å²) in [5, 5.41) is 4.08. The Labute approximate surface area is 136 Å². The molecule has 2 aromatic rings. The van der Waals surface area contributed by atoms with Crippen molar-refractivity contribution in [3.63, 3.8) is 0 Å². The first-order chi connectivity index (χ1) is 10.6. The van der Waals surface area contributed by atoms with Gasteiger partial charge in [-0.15, -0.1) is 0 Å². The van der Waals surface area contributed by atoms with Gasteiger partial charge in [0.25, 0.3) is 0 Å². The number of benzene rings is 1. The van der Waals surface area contributed by atoms with Crippen LogP contribution < -0.4 is 5.32 Å². The molecule has 0 fully saturated rings. The maximum Gasteiger partial charge on any atom is 0.243 e. The average molecular weight is 335 g/mol. The summed E-state index contributed by atoms with van der Waals surface area (Å²) in [5.74, 6) is -0.342. The third kappa shape index (κ3) is 4.05. The van der Waals surface area contributed by atoms with Gasteiger partial charge < -0.3 is 5.32 Å². The fourth-order valence-corrected chi connectivity index (χ4v) is 3.57. The van der Waals surface area contributed by atoms with E-state index in [2.05, 4.69) is 10.3 Å². The minimum atomic E-state index is -3.77. The monoisotopic (exact) mass is 335 g/mol. The fourth-order valence-electron chi connectivity index (χ4n) is 2.23. The second-order valence-corrected chi connectivity index (χ2v) is 8.43. The van der Waals surface area contributed by atoms with E-state index in [0.29, 0.717) is 5.39 Å². The standard InChI is InChI=1S/C16H21N3O3S/c1-16(2,3)18-15(20)11-19(4)23(21,22)14-7-5-6-12-10-17-9-8-13(12)14/h5-10H,11H2,1-4H3,(H,18,20). The first kappa shape index (κ1) is 17.4. The Hall–Kier alpha value is -1.99. The molecule has 0 bridgehead atoms. The predicted octanol–water partition coefficient (Wildman–Crippen LogP) is 1.77. The van der Waals surface area contributed by atoms with Gasteiger partial charge >= 0.3 is 0 Å². The van der Waals surface area contributed by atoms with Crippen molar-refractivity contribution in [3.8, 4) is 0 Å². The molecule has 124 valence electrons. The number of fused-ring (bicyclic) bond motifs is 1. The number of rotatable bonds is 4. The first-order valence-corrected chi connectivity index (χ1v) is 8.65. The largest absolute Gasteiger partial charge is 0.350 e. The van der Waals surface area contributed by atoms with Crippen LogP contribution in [0.2, 0.25) is 0 Å². The van der Waals surface area contributed by atoms with Crippen molar-refractivity contribution in [2.45, 2.75) is 31.2 Å². The summed E-state index contributed by atoms with van der Waals surface area (Å²) in [4.78, 5) is 16.2. The topological polar surface area (TPSA) is 79.4 Å². The third-order valence-electron chi connectivity index (χ3n) is 3.21. The molecule has 1 aromatic heterocycles. The highest BCUT2D eigenvalue weighted by atomic mass is 32.2. The lowest BCUT2D eigenvalue weighted by Gasteiger charge is -2.23. The molecular formula is C16H21N3O3S. The summed E-state index contributed by atoms with van der Waals surface area (Å²) >= 11 is 0. The summed E-state index contributed by atoms with van der Waals surface area (Å²) < 4.78 is 26.6. The van der Waals surface area contributed by atoms with Gasteiger partial charge in [0.05, 0.1) is 11.4 Å². The number of hydrogen-bond acceptors (Lipinski definition) is 4. The molecule has 23 heavy (non-hydrogen) atoms. The maximum atomic E-state index is 12.8. The number of nitrogens with zero attached hydrogens (tertiary/aromatic N) is 2. The van der Waals surface area contributed by atoms with Crippen LogP contribution in [0.4, 0.5) is 0 Å². The van der Waals surface area contributed by atoms with Gasteiger partial charge in [0, 0.05) is 35.8 Å². The number of hydrogen-bond donors (Lipinski definition) is 1.